The summed E-state index contributed by atoms with van der Waals surface area (Å²) in [7, 11) is 0. The van der Waals surface area contributed by atoms with Crippen LogP contribution in [0.3, 0.4) is 0 Å². The zero-order valence-corrected chi connectivity index (χ0v) is 18.6. The van der Waals surface area contributed by atoms with Gasteiger partial charge in [-0.1, -0.05) is 42.5 Å². The van der Waals surface area contributed by atoms with E-state index < -0.39 is 0 Å². The van der Waals surface area contributed by atoms with Gasteiger partial charge in [-0.05, 0) is 35.9 Å². The molecule has 1 N–H and O–H groups in total. The Bertz CT molecular complexity index is 1560. The summed E-state index contributed by atoms with van der Waals surface area (Å²) < 4.78 is 1.78. The molecule has 1 aliphatic heterocycles. The maximum absolute atomic E-state index is 13.9. The molecule has 0 radical (unpaired) electrons. The first-order chi connectivity index (χ1) is 17.2. The summed E-state index contributed by atoms with van der Waals surface area (Å²) >= 11 is 0. The van der Waals surface area contributed by atoms with Crippen LogP contribution in [0.25, 0.3) is 22.3 Å². The van der Waals surface area contributed by atoms with Gasteiger partial charge in [-0.2, -0.15) is 5.10 Å². The minimum atomic E-state index is -0.277. The molecule has 35 heavy (non-hydrogen) atoms. The van der Waals surface area contributed by atoms with Crippen molar-refractivity contribution < 1.29 is 9.59 Å². The van der Waals surface area contributed by atoms with Crippen molar-refractivity contribution in [3.63, 3.8) is 0 Å². The summed E-state index contributed by atoms with van der Waals surface area (Å²) in [6.07, 6.45) is 5.14. The summed E-state index contributed by atoms with van der Waals surface area (Å²) in [6.45, 7) is 0.422. The Morgan fingerprint density at radius 1 is 0.971 bits per heavy atom. The molecule has 0 bridgehead atoms. The highest BCUT2D eigenvalue weighted by Crippen LogP contribution is 2.32. The lowest BCUT2D eigenvalue weighted by atomic mass is 10.0. The number of carbonyl (C=O) groups is 2. The first-order valence-corrected chi connectivity index (χ1v) is 11.2. The molecule has 0 spiro atoms. The van der Waals surface area contributed by atoms with E-state index in [1.165, 1.54) is 4.90 Å². The first kappa shape index (κ1) is 20.7. The number of aromatic nitrogens is 4. The molecule has 0 saturated carbocycles. The van der Waals surface area contributed by atoms with Crippen LogP contribution in [0, 0.1) is 0 Å². The molecule has 4 heterocycles. The fourth-order valence-corrected chi connectivity index (χ4v) is 4.32. The van der Waals surface area contributed by atoms with Crippen molar-refractivity contribution in [3.8, 4) is 11.3 Å². The molecule has 8 nitrogen and oxygen atoms in total. The molecule has 6 rings (SSSR count). The number of benzene rings is 2. The lowest BCUT2D eigenvalue weighted by molar-refractivity contribution is -0.115. The molecule has 3 aromatic heterocycles. The molecule has 0 saturated heterocycles. The van der Waals surface area contributed by atoms with Crippen LogP contribution < -0.4 is 10.2 Å². The van der Waals surface area contributed by atoms with Gasteiger partial charge in [-0.15, -0.1) is 0 Å². The Balaban J connectivity index is 1.51. The van der Waals surface area contributed by atoms with Gasteiger partial charge in [0.2, 0.25) is 5.91 Å². The van der Waals surface area contributed by atoms with Crippen LogP contribution in [0.1, 0.15) is 15.9 Å². The molecule has 5 aromatic rings. The van der Waals surface area contributed by atoms with Crippen LogP contribution in [-0.4, -0.2) is 38.1 Å². The quantitative estimate of drug-likeness (QED) is 0.435. The van der Waals surface area contributed by atoms with E-state index in [0.29, 0.717) is 40.2 Å². The second kappa shape index (κ2) is 8.49. The van der Waals surface area contributed by atoms with Crippen LogP contribution in [0.4, 0.5) is 11.4 Å². The van der Waals surface area contributed by atoms with Crippen LogP contribution in [0.2, 0.25) is 0 Å². The van der Waals surface area contributed by atoms with Gasteiger partial charge in [0.05, 0.1) is 40.8 Å². The largest absolute Gasteiger partial charge is 0.323 e. The third-order valence-electron chi connectivity index (χ3n) is 6.01. The van der Waals surface area contributed by atoms with Gasteiger partial charge in [0.15, 0.2) is 5.65 Å². The third kappa shape index (κ3) is 3.80. The van der Waals surface area contributed by atoms with E-state index in [9.17, 15) is 9.59 Å². The second-order valence-electron chi connectivity index (χ2n) is 8.27. The van der Waals surface area contributed by atoms with Crippen molar-refractivity contribution in [1.29, 1.82) is 0 Å². The fourth-order valence-electron chi connectivity index (χ4n) is 4.32. The molecular formula is C27H20N6O2. The lowest BCUT2D eigenvalue weighted by Crippen LogP contribution is -2.42. The Morgan fingerprint density at radius 2 is 1.74 bits per heavy atom. The number of para-hydroxylation sites is 2. The number of amides is 2. The minimum absolute atomic E-state index is 0.0640. The van der Waals surface area contributed by atoms with Crippen LogP contribution >= 0.6 is 0 Å². The molecule has 2 aromatic carbocycles. The maximum Gasteiger partial charge on any atom is 0.259 e. The number of fused-ring (bicyclic) bond motifs is 2. The number of hydrogen-bond acceptors (Lipinski definition) is 5. The van der Waals surface area contributed by atoms with E-state index in [1.807, 2.05) is 60.7 Å². The number of anilines is 2. The van der Waals surface area contributed by atoms with Crippen molar-refractivity contribution in [2.75, 3.05) is 16.8 Å². The number of nitrogens with zero attached hydrogens (tertiary/aromatic N) is 5. The Morgan fingerprint density at radius 3 is 2.57 bits per heavy atom. The van der Waals surface area contributed by atoms with E-state index in [-0.39, 0.29) is 18.4 Å². The summed E-state index contributed by atoms with van der Waals surface area (Å²) in [6, 6.07) is 22.6. The standard InChI is InChI=1S/C27H20N6O2/c34-25-17-32(24-9-5-4-8-22(24)30-25)27(35)20-14-23(19-6-2-1-3-7-19)31-26-21(20)15-29-33(26)16-18-10-12-28-13-11-18/h1-15H,16-17H2,(H,30,34). The summed E-state index contributed by atoms with van der Waals surface area (Å²) in [5, 5.41) is 8.02. The average molecular weight is 460 g/mol. The van der Waals surface area contributed by atoms with Gasteiger partial charge in [0, 0.05) is 18.0 Å². The molecule has 170 valence electrons. The molecule has 0 fully saturated rings. The van der Waals surface area contributed by atoms with Gasteiger partial charge in [-0.3, -0.25) is 19.5 Å². The van der Waals surface area contributed by atoms with Gasteiger partial charge in [0.1, 0.15) is 6.54 Å². The maximum atomic E-state index is 13.9. The summed E-state index contributed by atoms with van der Waals surface area (Å²) in [5.41, 5.74) is 4.88. The Hall–Kier alpha value is -4.85. The normalized spacial score (nSPS) is 12.9. The van der Waals surface area contributed by atoms with Gasteiger partial charge < -0.3 is 5.32 Å². The van der Waals surface area contributed by atoms with Crippen LogP contribution in [0.15, 0.2) is 91.4 Å². The van der Waals surface area contributed by atoms with Gasteiger partial charge in [0.25, 0.3) is 5.91 Å². The molecule has 0 atom stereocenters. The topological polar surface area (TPSA) is 93.0 Å². The molecule has 0 aliphatic carbocycles. The van der Waals surface area contributed by atoms with Crippen molar-refractivity contribution in [3.05, 3.63) is 103 Å². The SMILES string of the molecule is O=C1CN(C(=O)c2cc(-c3ccccc3)nc3c2cnn3Cc2ccncc2)c2ccccc2N1. The number of hydrogen-bond donors (Lipinski definition) is 1. The predicted molar refractivity (Wildman–Crippen MR) is 133 cm³/mol. The predicted octanol–water partition coefficient (Wildman–Crippen LogP) is 4.14. The zero-order chi connectivity index (χ0) is 23.8. The number of carbonyl (C=O) groups excluding carboxylic acids is 2. The Labute approximate surface area is 200 Å². The highest BCUT2D eigenvalue weighted by molar-refractivity contribution is 6.19. The van der Waals surface area contributed by atoms with Crippen molar-refractivity contribution in [2.24, 2.45) is 0 Å². The molecule has 2 amide bonds. The van der Waals surface area contributed by atoms with Crippen LogP contribution in [0.5, 0.6) is 0 Å². The van der Waals surface area contributed by atoms with Gasteiger partial charge >= 0.3 is 0 Å². The summed E-state index contributed by atoms with van der Waals surface area (Å²) in [5.74, 6) is -0.514. The number of pyridine rings is 2. The highest BCUT2D eigenvalue weighted by atomic mass is 16.2. The molecule has 8 heteroatoms. The van der Waals surface area contributed by atoms with Crippen molar-refractivity contribution >= 4 is 34.2 Å². The second-order valence-corrected chi connectivity index (χ2v) is 8.27. The van der Waals surface area contributed by atoms with E-state index >= 15 is 0 Å². The zero-order valence-electron chi connectivity index (χ0n) is 18.6. The summed E-state index contributed by atoms with van der Waals surface area (Å²) in [4.78, 5) is 36.8. The number of nitrogens with one attached hydrogen (secondary N) is 1. The van der Waals surface area contributed by atoms with Gasteiger partial charge in [-0.25, -0.2) is 9.67 Å². The van der Waals surface area contributed by atoms with E-state index in [0.717, 1.165) is 11.1 Å². The smallest absolute Gasteiger partial charge is 0.259 e. The molecule has 0 unspecified atom stereocenters. The van der Waals surface area contributed by atoms with Crippen molar-refractivity contribution in [2.45, 2.75) is 6.54 Å². The molecule has 1 aliphatic rings. The average Bonchev–Trinajstić information content (AvgIpc) is 3.31. The first-order valence-electron chi connectivity index (χ1n) is 11.2. The fraction of sp³-hybridized carbons (Fsp3) is 0.0741. The number of rotatable bonds is 4. The minimum Gasteiger partial charge on any atom is -0.323 e. The monoisotopic (exact) mass is 460 g/mol. The van der Waals surface area contributed by atoms with Crippen molar-refractivity contribution in [1.82, 2.24) is 19.7 Å². The molecular weight excluding hydrogens is 440 g/mol. The van der Waals surface area contributed by atoms with E-state index in [4.69, 9.17) is 4.98 Å². The van der Waals surface area contributed by atoms with E-state index in [1.54, 1.807) is 35.4 Å². The third-order valence-corrected chi connectivity index (χ3v) is 6.01. The van der Waals surface area contributed by atoms with E-state index in [2.05, 4.69) is 15.4 Å². The Kier molecular flexibility index (Phi) is 5.03. The highest BCUT2D eigenvalue weighted by Gasteiger charge is 2.29. The van der Waals surface area contributed by atoms with Crippen LogP contribution in [-0.2, 0) is 11.3 Å². The lowest BCUT2D eigenvalue weighted by Gasteiger charge is -2.29.